The van der Waals surface area contributed by atoms with Gasteiger partial charge in [-0.3, -0.25) is 0 Å². The zero-order chi connectivity index (χ0) is 43.9. The van der Waals surface area contributed by atoms with Crippen LogP contribution in [0.2, 0.25) is 0 Å². The summed E-state index contributed by atoms with van der Waals surface area (Å²) < 4.78 is 0. The van der Waals surface area contributed by atoms with E-state index in [0.717, 1.165) is 22.6 Å². The number of nitrogens with zero attached hydrogens (tertiary/aromatic N) is 1. The lowest BCUT2D eigenvalue weighted by atomic mass is 9.67. The van der Waals surface area contributed by atoms with Gasteiger partial charge in [-0.2, -0.15) is 0 Å². The Bertz CT molecular complexity index is 3470. The second kappa shape index (κ2) is 16.6. The van der Waals surface area contributed by atoms with Crippen molar-refractivity contribution in [2.75, 3.05) is 4.90 Å². The van der Waals surface area contributed by atoms with Crippen LogP contribution < -0.4 is 4.90 Å². The third-order valence-corrected chi connectivity index (χ3v) is 13.5. The fourth-order valence-corrected chi connectivity index (χ4v) is 10.5. The van der Waals surface area contributed by atoms with Gasteiger partial charge in [-0.15, -0.1) is 0 Å². The number of rotatable bonds is 9. The predicted octanol–water partition coefficient (Wildman–Crippen LogP) is 17.3. The molecule has 0 aromatic heterocycles. The van der Waals surface area contributed by atoms with Crippen LogP contribution in [0.4, 0.5) is 17.1 Å². The van der Waals surface area contributed by atoms with E-state index < -0.39 is 5.41 Å². The maximum Gasteiger partial charge on any atom is 0.0713 e. The summed E-state index contributed by atoms with van der Waals surface area (Å²) >= 11 is 0. The third kappa shape index (κ3) is 6.73. The zero-order valence-electron chi connectivity index (χ0n) is 36.4. The molecule has 0 saturated carbocycles. The van der Waals surface area contributed by atoms with Crippen molar-refractivity contribution in [2.45, 2.75) is 5.41 Å². The van der Waals surface area contributed by atoms with E-state index in [2.05, 4.69) is 278 Å². The summed E-state index contributed by atoms with van der Waals surface area (Å²) in [5, 5.41) is 2.51. The molecule has 1 aliphatic carbocycles. The molecule has 1 heteroatoms. The van der Waals surface area contributed by atoms with Crippen LogP contribution in [0, 0.1) is 0 Å². The van der Waals surface area contributed by atoms with Gasteiger partial charge in [0.25, 0.3) is 0 Å². The van der Waals surface area contributed by atoms with Gasteiger partial charge in [0.2, 0.25) is 0 Å². The molecule has 0 radical (unpaired) electrons. The van der Waals surface area contributed by atoms with E-state index in [0.29, 0.717) is 0 Å². The molecule has 310 valence electrons. The van der Waals surface area contributed by atoms with Gasteiger partial charge in [0, 0.05) is 17.1 Å². The van der Waals surface area contributed by atoms with Gasteiger partial charge in [0.1, 0.15) is 0 Å². The van der Waals surface area contributed by atoms with E-state index in [1.807, 2.05) is 0 Å². The van der Waals surface area contributed by atoms with E-state index in [1.165, 1.54) is 83.1 Å². The Morgan fingerprint density at radius 1 is 0.242 bits per heavy atom. The number of hydrogen-bond acceptors (Lipinski definition) is 1. The fourth-order valence-electron chi connectivity index (χ4n) is 10.5. The molecule has 0 spiro atoms. The van der Waals surface area contributed by atoms with Crippen molar-refractivity contribution in [2.24, 2.45) is 0 Å². The van der Waals surface area contributed by atoms with Crippen LogP contribution >= 0.6 is 0 Å². The minimum absolute atomic E-state index is 0.454. The number of benzene rings is 11. The van der Waals surface area contributed by atoms with Crippen molar-refractivity contribution >= 4 is 27.8 Å². The van der Waals surface area contributed by atoms with Gasteiger partial charge < -0.3 is 4.90 Å². The predicted molar refractivity (Wildman–Crippen MR) is 278 cm³/mol. The average molecular weight is 840 g/mol. The highest BCUT2D eigenvalue weighted by atomic mass is 15.1. The summed E-state index contributed by atoms with van der Waals surface area (Å²) in [6.45, 7) is 0. The van der Waals surface area contributed by atoms with Gasteiger partial charge >= 0.3 is 0 Å². The molecule has 12 rings (SSSR count). The minimum atomic E-state index is -0.454. The monoisotopic (exact) mass is 839 g/mol. The van der Waals surface area contributed by atoms with Crippen LogP contribution in [0.5, 0.6) is 0 Å². The van der Waals surface area contributed by atoms with Crippen molar-refractivity contribution < 1.29 is 0 Å². The van der Waals surface area contributed by atoms with E-state index in [4.69, 9.17) is 0 Å². The maximum atomic E-state index is 2.45. The molecular weight excluding hydrogens is 795 g/mol. The minimum Gasteiger partial charge on any atom is -0.310 e. The van der Waals surface area contributed by atoms with Gasteiger partial charge in [0.15, 0.2) is 0 Å². The summed E-state index contributed by atoms with van der Waals surface area (Å²) in [5.74, 6) is 0. The Balaban J connectivity index is 0.966. The van der Waals surface area contributed by atoms with Gasteiger partial charge in [-0.25, -0.2) is 0 Å². The molecule has 0 atom stereocenters. The van der Waals surface area contributed by atoms with E-state index in [9.17, 15) is 0 Å². The second-order valence-electron chi connectivity index (χ2n) is 17.2. The molecule has 0 unspecified atom stereocenters. The van der Waals surface area contributed by atoms with Crippen LogP contribution in [0.3, 0.4) is 0 Å². The molecule has 0 aliphatic heterocycles. The molecule has 1 nitrogen and oxygen atoms in total. The lowest BCUT2D eigenvalue weighted by Crippen LogP contribution is -2.28. The number of fused-ring (bicyclic) bond motifs is 4. The Labute approximate surface area is 387 Å². The molecule has 11 aromatic rings. The lowest BCUT2D eigenvalue weighted by Gasteiger charge is -2.34. The third-order valence-electron chi connectivity index (χ3n) is 13.5. The molecular formula is C65H45N. The Morgan fingerprint density at radius 2 is 0.697 bits per heavy atom. The molecule has 11 aromatic carbocycles. The number of anilines is 3. The topological polar surface area (TPSA) is 3.24 Å². The molecule has 0 amide bonds. The van der Waals surface area contributed by atoms with Crippen LogP contribution in [-0.4, -0.2) is 0 Å². The molecule has 0 bridgehead atoms. The van der Waals surface area contributed by atoms with E-state index in [1.54, 1.807) is 0 Å². The standard InChI is InChI=1S/C65H45N/c1-4-18-46(19-5-1)50-23-15-30-57(43-50)66(58-31-16-24-51(44-58)49-22-14-25-53(42-49)60-34-17-21-48-20-10-11-32-59(48)60)56-39-36-47(37-40-56)52-38-41-62-61-33-12-13-35-63(61)65(64(62)45-52,54-26-6-2-7-27-54)55-28-8-3-9-29-55/h1-45H. The van der Waals surface area contributed by atoms with Crippen molar-refractivity contribution in [1.29, 1.82) is 0 Å². The van der Waals surface area contributed by atoms with Crippen molar-refractivity contribution in [3.05, 3.63) is 295 Å². The molecule has 0 saturated heterocycles. The first-order valence-corrected chi connectivity index (χ1v) is 22.8. The number of hydrogen-bond donors (Lipinski definition) is 0. The normalized spacial score (nSPS) is 12.4. The fraction of sp³-hybridized carbons (Fsp3) is 0.0154. The van der Waals surface area contributed by atoms with Gasteiger partial charge in [0.05, 0.1) is 5.41 Å². The summed E-state index contributed by atoms with van der Waals surface area (Å²) in [6.07, 6.45) is 0. The molecule has 0 heterocycles. The molecule has 1 aliphatic rings. The van der Waals surface area contributed by atoms with E-state index >= 15 is 0 Å². The smallest absolute Gasteiger partial charge is 0.0713 e. The van der Waals surface area contributed by atoms with Crippen LogP contribution in [0.25, 0.3) is 66.4 Å². The first kappa shape index (κ1) is 39.1. The van der Waals surface area contributed by atoms with Gasteiger partial charge in [-0.05, 0) is 137 Å². The summed E-state index contributed by atoms with van der Waals surface area (Å²) in [7, 11) is 0. The average Bonchev–Trinajstić information content (AvgIpc) is 3.70. The highest BCUT2D eigenvalue weighted by Gasteiger charge is 2.46. The quantitative estimate of drug-likeness (QED) is 0.140. The highest BCUT2D eigenvalue weighted by molar-refractivity contribution is 5.97. The van der Waals surface area contributed by atoms with E-state index in [-0.39, 0.29) is 0 Å². The first-order chi connectivity index (χ1) is 32.7. The SMILES string of the molecule is c1ccc(-c2cccc(N(c3ccc(-c4ccc5c(c4)C(c4ccccc4)(c4ccccc4)c4ccccc4-5)cc3)c3cccc(-c4cccc(-c5cccc6ccccc56)c4)c3)c2)cc1. The molecule has 0 fully saturated rings. The lowest BCUT2D eigenvalue weighted by molar-refractivity contribution is 0.769. The van der Waals surface area contributed by atoms with Crippen LogP contribution in [0.15, 0.2) is 273 Å². The molecule has 0 N–H and O–H groups in total. The highest BCUT2D eigenvalue weighted by Crippen LogP contribution is 2.56. The summed E-state index contributed by atoms with van der Waals surface area (Å²) in [5.41, 5.74) is 20.1. The zero-order valence-corrected chi connectivity index (χ0v) is 36.4. The van der Waals surface area contributed by atoms with Gasteiger partial charge in [-0.1, -0.05) is 224 Å². The first-order valence-electron chi connectivity index (χ1n) is 22.8. The largest absolute Gasteiger partial charge is 0.310 e. The Morgan fingerprint density at radius 3 is 1.41 bits per heavy atom. The summed E-state index contributed by atoms with van der Waals surface area (Å²) in [4.78, 5) is 2.39. The second-order valence-corrected chi connectivity index (χ2v) is 17.2. The molecule has 66 heavy (non-hydrogen) atoms. The van der Waals surface area contributed by atoms with Crippen molar-refractivity contribution in [3.63, 3.8) is 0 Å². The van der Waals surface area contributed by atoms with Crippen LogP contribution in [-0.2, 0) is 5.41 Å². The summed E-state index contributed by atoms with van der Waals surface area (Å²) in [6, 6.07) is 100.0. The van der Waals surface area contributed by atoms with Crippen LogP contribution in [0.1, 0.15) is 22.3 Å². The Kier molecular flexibility index (Phi) is 9.81. The van der Waals surface area contributed by atoms with Crippen molar-refractivity contribution in [3.8, 4) is 55.6 Å². The van der Waals surface area contributed by atoms with Crippen molar-refractivity contribution in [1.82, 2.24) is 0 Å². The maximum absolute atomic E-state index is 2.45. The Hall–Kier alpha value is -8.52.